The average Bonchev–Trinajstić information content (AvgIpc) is 2.46. The highest BCUT2D eigenvalue weighted by Gasteiger charge is 2.06. The van der Waals surface area contributed by atoms with Gasteiger partial charge in [0.15, 0.2) is 0 Å². The van der Waals surface area contributed by atoms with Crippen molar-refractivity contribution in [1.82, 2.24) is 0 Å². The number of rotatable bonds is 2. The Bertz CT molecular complexity index is 775. The van der Waals surface area contributed by atoms with E-state index in [0.29, 0.717) is 0 Å². The Hall–Kier alpha value is -2.26. The van der Waals surface area contributed by atoms with Crippen molar-refractivity contribution in [1.29, 1.82) is 0 Å². The molecule has 3 rings (SSSR count). The van der Waals surface area contributed by atoms with Crippen LogP contribution in [0.25, 0.3) is 21.5 Å². The molecule has 3 aromatic rings. The van der Waals surface area contributed by atoms with Gasteiger partial charge in [0.1, 0.15) is 0 Å². The quantitative estimate of drug-likeness (QED) is 0.433. The molecular formula is C19H16. The number of hydrogen-bond acceptors (Lipinski definition) is 0. The van der Waals surface area contributed by atoms with Gasteiger partial charge in [0.25, 0.3) is 0 Å². The maximum absolute atomic E-state index is 5.60. The standard InChI is InChI=1S/C19H16/c1-3-14(4-2)17-9-10-18-11-15-7-5-6-8-16(15)12-19(18)13-17/h1,5-14H,4H2,2H3. The molecule has 0 amide bonds. The molecule has 0 aliphatic heterocycles. The fourth-order valence-corrected chi connectivity index (χ4v) is 2.63. The summed E-state index contributed by atoms with van der Waals surface area (Å²) in [7, 11) is 0. The molecule has 0 aliphatic rings. The Morgan fingerprint density at radius 3 is 2.16 bits per heavy atom. The first-order chi connectivity index (χ1) is 9.31. The second-order valence-electron chi connectivity index (χ2n) is 4.93. The SMILES string of the molecule is C#CC(CC)c1ccc2cc3ccccc3cc2c1. The van der Waals surface area contributed by atoms with Crippen LogP contribution in [0.2, 0.25) is 0 Å². The van der Waals surface area contributed by atoms with Crippen LogP contribution in [0.3, 0.4) is 0 Å². The molecule has 1 unspecified atom stereocenters. The van der Waals surface area contributed by atoms with E-state index < -0.39 is 0 Å². The van der Waals surface area contributed by atoms with Crippen LogP contribution in [0.1, 0.15) is 24.8 Å². The van der Waals surface area contributed by atoms with Gasteiger partial charge in [-0.1, -0.05) is 49.2 Å². The summed E-state index contributed by atoms with van der Waals surface area (Å²) in [5, 5.41) is 5.10. The van der Waals surface area contributed by atoms with E-state index in [4.69, 9.17) is 6.42 Å². The predicted octanol–water partition coefficient (Wildman–Crippen LogP) is 5.12. The molecule has 0 saturated carbocycles. The third-order valence-corrected chi connectivity index (χ3v) is 3.74. The zero-order chi connectivity index (χ0) is 13.2. The van der Waals surface area contributed by atoms with Gasteiger partial charge in [-0.15, -0.1) is 6.42 Å². The summed E-state index contributed by atoms with van der Waals surface area (Å²) in [5.74, 6) is 3.09. The molecule has 92 valence electrons. The van der Waals surface area contributed by atoms with Crippen molar-refractivity contribution >= 4 is 21.5 Å². The number of terminal acetylenes is 1. The van der Waals surface area contributed by atoms with Gasteiger partial charge in [0, 0.05) is 5.92 Å². The third-order valence-electron chi connectivity index (χ3n) is 3.74. The van der Waals surface area contributed by atoms with Crippen LogP contribution < -0.4 is 0 Å². The van der Waals surface area contributed by atoms with Crippen molar-refractivity contribution < 1.29 is 0 Å². The molecule has 0 heterocycles. The second-order valence-corrected chi connectivity index (χ2v) is 4.93. The minimum atomic E-state index is 0.218. The van der Waals surface area contributed by atoms with Gasteiger partial charge in [-0.2, -0.15) is 0 Å². The summed E-state index contributed by atoms with van der Waals surface area (Å²) >= 11 is 0. The summed E-state index contributed by atoms with van der Waals surface area (Å²) in [6, 6.07) is 19.5. The van der Waals surface area contributed by atoms with Gasteiger partial charge in [-0.25, -0.2) is 0 Å². The largest absolute Gasteiger partial charge is 0.119 e. The van der Waals surface area contributed by atoms with Crippen LogP contribution in [-0.4, -0.2) is 0 Å². The lowest BCUT2D eigenvalue weighted by Crippen LogP contribution is -1.93. The average molecular weight is 244 g/mol. The lowest BCUT2D eigenvalue weighted by Gasteiger charge is -2.10. The molecule has 0 spiro atoms. The zero-order valence-corrected chi connectivity index (χ0v) is 11.1. The van der Waals surface area contributed by atoms with Crippen LogP contribution in [-0.2, 0) is 0 Å². The van der Waals surface area contributed by atoms with E-state index in [2.05, 4.69) is 67.4 Å². The molecule has 0 aromatic heterocycles. The molecule has 0 saturated heterocycles. The molecule has 3 aromatic carbocycles. The van der Waals surface area contributed by atoms with Gasteiger partial charge >= 0.3 is 0 Å². The van der Waals surface area contributed by atoms with E-state index in [0.717, 1.165) is 6.42 Å². The molecule has 1 atom stereocenters. The van der Waals surface area contributed by atoms with Gasteiger partial charge in [-0.3, -0.25) is 0 Å². The second kappa shape index (κ2) is 4.78. The normalized spacial score (nSPS) is 12.4. The Morgan fingerprint density at radius 1 is 0.895 bits per heavy atom. The maximum atomic E-state index is 5.60. The summed E-state index contributed by atoms with van der Waals surface area (Å²) in [6.45, 7) is 2.13. The fraction of sp³-hybridized carbons (Fsp3) is 0.158. The van der Waals surface area contributed by atoms with Gasteiger partial charge in [0.2, 0.25) is 0 Å². The van der Waals surface area contributed by atoms with Crippen LogP contribution in [0.5, 0.6) is 0 Å². The first kappa shape index (κ1) is 11.8. The minimum Gasteiger partial charge on any atom is -0.119 e. The van der Waals surface area contributed by atoms with E-state index >= 15 is 0 Å². The van der Waals surface area contributed by atoms with E-state index in [1.807, 2.05) is 0 Å². The summed E-state index contributed by atoms with van der Waals surface area (Å²) in [4.78, 5) is 0. The Kier molecular flexibility index (Phi) is 2.97. The first-order valence-electron chi connectivity index (χ1n) is 6.70. The zero-order valence-electron chi connectivity index (χ0n) is 11.1. The fourth-order valence-electron chi connectivity index (χ4n) is 2.63. The first-order valence-corrected chi connectivity index (χ1v) is 6.70. The summed E-state index contributed by atoms with van der Waals surface area (Å²) < 4.78 is 0. The van der Waals surface area contributed by atoms with Crippen LogP contribution >= 0.6 is 0 Å². The lowest BCUT2D eigenvalue weighted by atomic mass is 9.94. The molecule has 0 radical (unpaired) electrons. The van der Waals surface area contributed by atoms with Crippen LogP contribution in [0, 0.1) is 12.3 Å². The van der Waals surface area contributed by atoms with Crippen molar-refractivity contribution in [3.8, 4) is 12.3 Å². The maximum Gasteiger partial charge on any atom is 0.0447 e. The van der Waals surface area contributed by atoms with Gasteiger partial charge in [-0.05, 0) is 51.7 Å². The minimum absolute atomic E-state index is 0.218. The molecule has 0 bridgehead atoms. The van der Waals surface area contributed by atoms with E-state index in [1.165, 1.54) is 27.1 Å². The van der Waals surface area contributed by atoms with Crippen LogP contribution in [0.4, 0.5) is 0 Å². The number of hydrogen-bond donors (Lipinski definition) is 0. The molecule has 0 nitrogen and oxygen atoms in total. The number of benzene rings is 3. The monoisotopic (exact) mass is 244 g/mol. The van der Waals surface area contributed by atoms with Crippen molar-refractivity contribution in [3.05, 3.63) is 60.2 Å². The molecule has 0 heteroatoms. The summed E-state index contributed by atoms with van der Waals surface area (Å²) in [5.41, 5.74) is 1.24. The highest BCUT2D eigenvalue weighted by atomic mass is 14.1. The summed E-state index contributed by atoms with van der Waals surface area (Å²) in [6.07, 6.45) is 6.58. The number of fused-ring (bicyclic) bond motifs is 2. The molecule has 0 aliphatic carbocycles. The van der Waals surface area contributed by atoms with Crippen molar-refractivity contribution in [2.45, 2.75) is 19.3 Å². The van der Waals surface area contributed by atoms with Crippen molar-refractivity contribution in [3.63, 3.8) is 0 Å². The molecular weight excluding hydrogens is 228 g/mol. The Labute approximate surface area is 114 Å². The third kappa shape index (κ3) is 2.09. The predicted molar refractivity (Wildman–Crippen MR) is 83.3 cm³/mol. The highest BCUT2D eigenvalue weighted by Crippen LogP contribution is 2.27. The molecule has 0 fully saturated rings. The topological polar surface area (TPSA) is 0 Å². The molecule has 0 N–H and O–H groups in total. The molecule has 19 heavy (non-hydrogen) atoms. The van der Waals surface area contributed by atoms with E-state index in [1.54, 1.807) is 0 Å². The van der Waals surface area contributed by atoms with E-state index in [9.17, 15) is 0 Å². The highest BCUT2D eigenvalue weighted by molar-refractivity contribution is 5.98. The van der Waals surface area contributed by atoms with Crippen molar-refractivity contribution in [2.75, 3.05) is 0 Å². The smallest absolute Gasteiger partial charge is 0.0447 e. The Balaban J connectivity index is 2.22. The van der Waals surface area contributed by atoms with Crippen LogP contribution in [0.15, 0.2) is 54.6 Å². The van der Waals surface area contributed by atoms with Gasteiger partial charge < -0.3 is 0 Å². The van der Waals surface area contributed by atoms with Crippen molar-refractivity contribution in [2.24, 2.45) is 0 Å². The Morgan fingerprint density at radius 2 is 1.53 bits per heavy atom. The van der Waals surface area contributed by atoms with E-state index in [-0.39, 0.29) is 5.92 Å². The lowest BCUT2D eigenvalue weighted by molar-refractivity contribution is 0.832. The van der Waals surface area contributed by atoms with Gasteiger partial charge in [0.05, 0.1) is 0 Å².